The lowest BCUT2D eigenvalue weighted by Crippen LogP contribution is -1.90. The molecule has 17 heavy (non-hydrogen) atoms. The van der Waals surface area contributed by atoms with Crippen molar-refractivity contribution in [1.82, 2.24) is 4.98 Å². The molecule has 0 saturated heterocycles. The van der Waals surface area contributed by atoms with Gasteiger partial charge in [0.25, 0.3) is 6.01 Å². The van der Waals surface area contributed by atoms with Gasteiger partial charge in [-0.3, -0.25) is 0 Å². The molecule has 90 valence electrons. The van der Waals surface area contributed by atoms with Crippen LogP contribution in [0, 0.1) is 6.92 Å². The Morgan fingerprint density at radius 2 is 1.94 bits per heavy atom. The van der Waals surface area contributed by atoms with Crippen LogP contribution in [0.1, 0.15) is 37.4 Å². The van der Waals surface area contributed by atoms with Gasteiger partial charge in [0.05, 0.1) is 5.69 Å². The molecule has 1 atom stereocenters. The minimum atomic E-state index is 0.225. The van der Waals surface area contributed by atoms with Gasteiger partial charge in [0.2, 0.25) is 0 Å². The highest BCUT2D eigenvalue weighted by Gasteiger charge is 2.10. The van der Waals surface area contributed by atoms with Crippen LogP contribution in [-0.2, 0) is 0 Å². The monoisotopic (exact) mass is 230 g/mol. The van der Waals surface area contributed by atoms with Crippen molar-refractivity contribution < 1.29 is 4.42 Å². The highest BCUT2D eigenvalue weighted by atomic mass is 16.4. The van der Waals surface area contributed by atoms with E-state index in [1.165, 1.54) is 5.56 Å². The van der Waals surface area contributed by atoms with E-state index in [4.69, 9.17) is 10.2 Å². The average Bonchev–Trinajstić information content (AvgIpc) is 2.68. The number of oxazole rings is 1. The number of nitrogens with two attached hydrogens (primary N) is 1. The van der Waals surface area contributed by atoms with Crippen LogP contribution >= 0.6 is 0 Å². The molecule has 3 nitrogen and oxygen atoms in total. The summed E-state index contributed by atoms with van der Waals surface area (Å²) >= 11 is 0. The molecule has 0 spiro atoms. The molecule has 0 radical (unpaired) electrons. The van der Waals surface area contributed by atoms with Crippen LogP contribution < -0.4 is 5.73 Å². The molecule has 1 aromatic heterocycles. The second-order valence-electron chi connectivity index (χ2n) is 4.40. The van der Waals surface area contributed by atoms with Gasteiger partial charge < -0.3 is 10.2 Å². The van der Waals surface area contributed by atoms with Crippen molar-refractivity contribution in [2.24, 2.45) is 0 Å². The summed E-state index contributed by atoms with van der Waals surface area (Å²) < 4.78 is 5.39. The zero-order valence-corrected chi connectivity index (χ0v) is 10.5. The first-order valence-electron chi connectivity index (χ1n) is 5.95. The van der Waals surface area contributed by atoms with E-state index in [9.17, 15) is 0 Å². The standard InChI is InChI=1S/C14H18N2O/c1-4-9(2)11-5-7-12(8-6-11)13-10(3)16-14(15)17-13/h5-9H,4H2,1-3H3,(H2,15,16). The lowest BCUT2D eigenvalue weighted by Gasteiger charge is -2.09. The van der Waals surface area contributed by atoms with Gasteiger partial charge in [-0.2, -0.15) is 4.98 Å². The van der Waals surface area contributed by atoms with Crippen LogP contribution in [0.3, 0.4) is 0 Å². The summed E-state index contributed by atoms with van der Waals surface area (Å²) in [5.41, 5.74) is 8.75. The fourth-order valence-electron chi connectivity index (χ4n) is 1.88. The number of aromatic nitrogens is 1. The zero-order valence-electron chi connectivity index (χ0n) is 10.5. The van der Waals surface area contributed by atoms with E-state index in [2.05, 4.69) is 43.1 Å². The van der Waals surface area contributed by atoms with Gasteiger partial charge in [0.1, 0.15) is 0 Å². The maximum atomic E-state index is 5.54. The van der Waals surface area contributed by atoms with Gasteiger partial charge in [-0.25, -0.2) is 0 Å². The van der Waals surface area contributed by atoms with Gasteiger partial charge in [-0.05, 0) is 24.8 Å². The molecule has 2 aromatic rings. The Morgan fingerprint density at radius 1 is 1.29 bits per heavy atom. The Morgan fingerprint density at radius 3 is 2.41 bits per heavy atom. The van der Waals surface area contributed by atoms with Crippen LogP contribution in [-0.4, -0.2) is 4.98 Å². The van der Waals surface area contributed by atoms with E-state index < -0.39 is 0 Å². The van der Waals surface area contributed by atoms with E-state index in [1.807, 2.05) is 6.92 Å². The Labute approximate surface area is 102 Å². The number of nitrogen functional groups attached to an aromatic ring is 1. The number of aryl methyl sites for hydroxylation is 1. The van der Waals surface area contributed by atoms with Crippen LogP contribution in [0.15, 0.2) is 28.7 Å². The number of benzene rings is 1. The van der Waals surface area contributed by atoms with E-state index in [-0.39, 0.29) is 6.01 Å². The van der Waals surface area contributed by atoms with Crippen LogP contribution in [0.2, 0.25) is 0 Å². The minimum Gasteiger partial charge on any atom is -0.423 e. The summed E-state index contributed by atoms with van der Waals surface area (Å²) in [4.78, 5) is 4.07. The van der Waals surface area contributed by atoms with E-state index >= 15 is 0 Å². The number of rotatable bonds is 3. The molecule has 1 unspecified atom stereocenters. The maximum absolute atomic E-state index is 5.54. The van der Waals surface area contributed by atoms with Crippen LogP contribution in [0.25, 0.3) is 11.3 Å². The summed E-state index contributed by atoms with van der Waals surface area (Å²) in [7, 11) is 0. The summed E-state index contributed by atoms with van der Waals surface area (Å²) in [6.07, 6.45) is 1.15. The normalized spacial score (nSPS) is 12.6. The van der Waals surface area contributed by atoms with Crippen LogP contribution in [0.4, 0.5) is 6.01 Å². The van der Waals surface area contributed by atoms with Crippen molar-refractivity contribution in [2.45, 2.75) is 33.1 Å². The largest absolute Gasteiger partial charge is 0.423 e. The number of nitrogens with zero attached hydrogens (tertiary/aromatic N) is 1. The predicted molar refractivity (Wildman–Crippen MR) is 69.8 cm³/mol. The zero-order chi connectivity index (χ0) is 12.4. The van der Waals surface area contributed by atoms with Gasteiger partial charge in [-0.15, -0.1) is 0 Å². The predicted octanol–water partition coefficient (Wildman–Crippen LogP) is 3.75. The molecule has 0 aliphatic heterocycles. The summed E-state index contributed by atoms with van der Waals surface area (Å²) in [5.74, 6) is 1.35. The fraction of sp³-hybridized carbons (Fsp3) is 0.357. The van der Waals surface area contributed by atoms with Gasteiger partial charge in [-0.1, -0.05) is 38.1 Å². The SMILES string of the molecule is CCC(C)c1ccc(-c2oc(N)nc2C)cc1. The fourth-order valence-corrected chi connectivity index (χ4v) is 1.88. The molecule has 0 fully saturated rings. The molecule has 1 heterocycles. The van der Waals surface area contributed by atoms with E-state index in [0.717, 1.165) is 23.4 Å². The van der Waals surface area contributed by atoms with Gasteiger partial charge in [0, 0.05) is 5.56 Å². The highest BCUT2D eigenvalue weighted by Crippen LogP contribution is 2.27. The summed E-state index contributed by atoms with van der Waals surface area (Å²) in [5, 5.41) is 0. The number of anilines is 1. The Balaban J connectivity index is 2.32. The highest BCUT2D eigenvalue weighted by molar-refractivity contribution is 5.61. The first kappa shape index (κ1) is 11.7. The molecule has 1 aromatic carbocycles. The van der Waals surface area contributed by atoms with Gasteiger partial charge in [0.15, 0.2) is 5.76 Å². The lowest BCUT2D eigenvalue weighted by atomic mass is 9.97. The first-order chi connectivity index (χ1) is 8.11. The first-order valence-corrected chi connectivity index (χ1v) is 5.95. The Hall–Kier alpha value is -1.77. The Kier molecular flexibility index (Phi) is 3.18. The summed E-state index contributed by atoms with van der Waals surface area (Å²) in [6.45, 7) is 6.32. The maximum Gasteiger partial charge on any atom is 0.292 e. The third kappa shape index (κ3) is 2.33. The third-order valence-electron chi connectivity index (χ3n) is 3.17. The van der Waals surface area contributed by atoms with Crippen molar-refractivity contribution in [3.05, 3.63) is 35.5 Å². The number of hydrogen-bond donors (Lipinski definition) is 1. The molecule has 0 amide bonds. The van der Waals surface area contributed by atoms with Crippen molar-refractivity contribution in [2.75, 3.05) is 5.73 Å². The summed E-state index contributed by atoms with van der Waals surface area (Å²) in [6, 6.07) is 8.63. The van der Waals surface area contributed by atoms with Crippen molar-refractivity contribution in [1.29, 1.82) is 0 Å². The van der Waals surface area contributed by atoms with Crippen molar-refractivity contribution in [3.8, 4) is 11.3 Å². The quantitative estimate of drug-likeness (QED) is 0.873. The second-order valence-corrected chi connectivity index (χ2v) is 4.40. The molecular weight excluding hydrogens is 212 g/mol. The molecule has 0 saturated carbocycles. The molecule has 0 aliphatic rings. The Bertz CT molecular complexity index is 499. The minimum absolute atomic E-state index is 0.225. The third-order valence-corrected chi connectivity index (χ3v) is 3.17. The molecule has 2 rings (SSSR count). The van der Waals surface area contributed by atoms with Crippen molar-refractivity contribution >= 4 is 6.01 Å². The van der Waals surface area contributed by atoms with E-state index in [0.29, 0.717) is 5.92 Å². The molecule has 0 bridgehead atoms. The topological polar surface area (TPSA) is 52.0 Å². The van der Waals surface area contributed by atoms with Gasteiger partial charge >= 0.3 is 0 Å². The average molecular weight is 230 g/mol. The smallest absolute Gasteiger partial charge is 0.292 e. The molecule has 2 N–H and O–H groups in total. The van der Waals surface area contributed by atoms with E-state index in [1.54, 1.807) is 0 Å². The second kappa shape index (κ2) is 4.62. The molecular formula is C14H18N2O. The lowest BCUT2D eigenvalue weighted by molar-refractivity contribution is 0.594. The molecule has 3 heteroatoms. The van der Waals surface area contributed by atoms with Crippen LogP contribution in [0.5, 0.6) is 0 Å². The molecule has 0 aliphatic carbocycles. The van der Waals surface area contributed by atoms with Crippen molar-refractivity contribution in [3.63, 3.8) is 0 Å². The number of hydrogen-bond acceptors (Lipinski definition) is 3.